The van der Waals surface area contributed by atoms with Gasteiger partial charge in [0.25, 0.3) is 0 Å². The quantitative estimate of drug-likeness (QED) is 0.555. The number of benzene rings is 2. The average Bonchev–Trinajstić information content (AvgIpc) is 2.44. The fourth-order valence-electron chi connectivity index (χ4n) is 2.61. The molecule has 0 nitrogen and oxygen atoms in total. The predicted octanol–water partition coefficient (Wildman–Crippen LogP) is 6.20. The van der Waals surface area contributed by atoms with Gasteiger partial charge >= 0.3 is 18.0 Å². The van der Waals surface area contributed by atoms with Crippen molar-refractivity contribution >= 4 is 0 Å². The number of hydrogen-bond donors (Lipinski definition) is 0. The SMILES string of the molecule is Cc1[c]c(C)c(-c2ccc(F)cc2)c(C(F)(C(F)(F)F)C(F)(F)F)c1. The Balaban J connectivity index is 2.91. The van der Waals surface area contributed by atoms with E-state index < -0.39 is 35.0 Å². The second-order valence-electron chi connectivity index (χ2n) is 5.53. The van der Waals surface area contributed by atoms with Gasteiger partial charge in [0.2, 0.25) is 0 Å². The zero-order valence-electron chi connectivity index (χ0n) is 12.9. The van der Waals surface area contributed by atoms with Gasteiger partial charge in [-0.15, -0.1) is 0 Å². The zero-order chi connectivity index (χ0) is 19.2. The molecule has 2 aromatic rings. The van der Waals surface area contributed by atoms with E-state index >= 15 is 0 Å². The van der Waals surface area contributed by atoms with Gasteiger partial charge in [-0.1, -0.05) is 18.2 Å². The number of halogens is 8. The van der Waals surface area contributed by atoms with Crippen LogP contribution in [0, 0.1) is 25.7 Å². The number of alkyl halides is 7. The molecule has 1 radical (unpaired) electrons. The van der Waals surface area contributed by atoms with Crippen LogP contribution >= 0.6 is 0 Å². The lowest BCUT2D eigenvalue weighted by Crippen LogP contribution is -2.50. The van der Waals surface area contributed by atoms with Crippen LogP contribution in [-0.2, 0) is 5.67 Å². The molecule has 0 unspecified atom stereocenters. The van der Waals surface area contributed by atoms with Gasteiger partial charge in [-0.05, 0) is 54.3 Å². The highest BCUT2D eigenvalue weighted by atomic mass is 19.4. The highest BCUT2D eigenvalue weighted by Gasteiger charge is 2.74. The maximum absolute atomic E-state index is 14.6. The topological polar surface area (TPSA) is 0 Å². The summed E-state index contributed by atoms with van der Waals surface area (Å²) < 4.78 is 106. The fourth-order valence-corrected chi connectivity index (χ4v) is 2.61. The van der Waals surface area contributed by atoms with Crippen LogP contribution in [0.3, 0.4) is 0 Å². The Kier molecular flexibility index (Phi) is 4.61. The second kappa shape index (κ2) is 6.00. The van der Waals surface area contributed by atoms with Gasteiger partial charge in [-0.3, -0.25) is 0 Å². The second-order valence-corrected chi connectivity index (χ2v) is 5.53. The normalized spacial score (nSPS) is 13.2. The lowest BCUT2D eigenvalue weighted by Gasteiger charge is -2.32. The summed E-state index contributed by atoms with van der Waals surface area (Å²) in [5.74, 6) is -0.739. The van der Waals surface area contributed by atoms with E-state index in [1.807, 2.05) is 0 Å². The van der Waals surface area contributed by atoms with Crippen molar-refractivity contribution in [1.82, 2.24) is 0 Å². The van der Waals surface area contributed by atoms with Crippen molar-refractivity contribution in [2.75, 3.05) is 0 Å². The lowest BCUT2D eigenvalue weighted by molar-refractivity contribution is -0.348. The summed E-state index contributed by atoms with van der Waals surface area (Å²) in [6.45, 7) is 2.42. The standard InChI is InChI=1S/C17H11F8/c1-9-7-10(2)14(11-3-5-12(18)6-4-11)13(8-9)15(19,16(20,21)22)17(23,24)25/h3-6,8H,1-2H3. The molecule has 2 aromatic carbocycles. The van der Waals surface area contributed by atoms with E-state index in [1.54, 1.807) is 0 Å². The first-order valence-electron chi connectivity index (χ1n) is 6.91. The molecule has 0 aliphatic heterocycles. The minimum absolute atomic E-state index is 0.0890. The molecule has 0 saturated carbocycles. The summed E-state index contributed by atoms with van der Waals surface area (Å²) in [5, 5.41) is 0. The van der Waals surface area contributed by atoms with Crippen LogP contribution < -0.4 is 0 Å². The lowest BCUT2D eigenvalue weighted by atomic mass is 9.83. The van der Waals surface area contributed by atoms with Gasteiger partial charge in [0.1, 0.15) is 5.82 Å². The Morgan fingerprint density at radius 2 is 1.28 bits per heavy atom. The first kappa shape index (κ1) is 19.2. The Bertz CT molecular complexity index is 755. The smallest absolute Gasteiger partial charge is 0.218 e. The van der Waals surface area contributed by atoms with E-state index in [-0.39, 0.29) is 16.7 Å². The van der Waals surface area contributed by atoms with Crippen molar-refractivity contribution in [3.8, 4) is 11.1 Å². The largest absolute Gasteiger partial charge is 0.435 e. The molecule has 25 heavy (non-hydrogen) atoms. The molecule has 0 bridgehead atoms. The molecule has 0 aliphatic carbocycles. The first-order chi connectivity index (χ1) is 11.3. The fraction of sp³-hybridized carbons (Fsp3) is 0.294. The molecule has 0 atom stereocenters. The minimum atomic E-state index is -6.24. The van der Waals surface area contributed by atoms with Crippen molar-refractivity contribution in [2.45, 2.75) is 31.9 Å². The maximum Gasteiger partial charge on any atom is 0.435 e. The molecule has 0 spiro atoms. The van der Waals surface area contributed by atoms with Crippen molar-refractivity contribution in [3.05, 3.63) is 58.9 Å². The summed E-state index contributed by atoms with van der Waals surface area (Å²) in [4.78, 5) is 0. The molecule has 2 rings (SSSR count). The monoisotopic (exact) mass is 367 g/mol. The summed E-state index contributed by atoms with van der Waals surface area (Å²) in [6.07, 6.45) is -12.5. The van der Waals surface area contributed by atoms with E-state index in [0.717, 1.165) is 24.3 Å². The molecule has 0 N–H and O–H groups in total. The Labute approximate surface area is 138 Å². The number of hydrogen-bond acceptors (Lipinski definition) is 0. The molecule has 0 saturated heterocycles. The Morgan fingerprint density at radius 3 is 1.72 bits per heavy atom. The van der Waals surface area contributed by atoms with Gasteiger partial charge in [0.05, 0.1) is 0 Å². The van der Waals surface area contributed by atoms with Crippen LogP contribution in [0.2, 0.25) is 0 Å². The molecule has 8 heteroatoms. The highest BCUT2D eigenvalue weighted by molar-refractivity contribution is 5.73. The molecule has 0 fully saturated rings. The number of rotatable bonds is 2. The van der Waals surface area contributed by atoms with Crippen molar-refractivity contribution in [1.29, 1.82) is 0 Å². The molecule has 0 amide bonds. The summed E-state index contributed by atoms with van der Waals surface area (Å²) >= 11 is 0. The van der Waals surface area contributed by atoms with E-state index in [4.69, 9.17) is 0 Å². The molecular weight excluding hydrogens is 356 g/mol. The van der Waals surface area contributed by atoms with Crippen LogP contribution in [0.15, 0.2) is 30.3 Å². The van der Waals surface area contributed by atoms with Gasteiger partial charge in [-0.25, -0.2) is 8.78 Å². The van der Waals surface area contributed by atoms with Crippen molar-refractivity contribution < 1.29 is 35.1 Å². The third-order valence-corrected chi connectivity index (χ3v) is 3.68. The van der Waals surface area contributed by atoms with E-state index in [2.05, 4.69) is 6.07 Å². The maximum atomic E-state index is 14.6. The van der Waals surface area contributed by atoms with Crippen LogP contribution in [0.25, 0.3) is 11.1 Å². The van der Waals surface area contributed by atoms with Gasteiger partial charge in [0.15, 0.2) is 0 Å². The van der Waals surface area contributed by atoms with Crippen LogP contribution in [0.5, 0.6) is 0 Å². The molecule has 0 heterocycles. The average molecular weight is 367 g/mol. The van der Waals surface area contributed by atoms with Crippen LogP contribution in [0.1, 0.15) is 16.7 Å². The molecule has 0 aromatic heterocycles. The minimum Gasteiger partial charge on any atom is -0.218 e. The Hall–Kier alpha value is -2.12. The van der Waals surface area contributed by atoms with Gasteiger partial charge in [0, 0.05) is 5.56 Å². The summed E-state index contributed by atoms with van der Waals surface area (Å²) in [6, 6.07) is 6.73. The summed E-state index contributed by atoms with van der Waals surface area (Å²) in [5.41, 5.74) is -8.17. The molecule has 135 valence electrons. The Morgan fingerprint density at radius 1 is 0.800 bits per heavy atom. The molecule has 0 aliphatic rings. The predicted molar refractivity (Wildman–Crippen MR) is 75.0 cm³/mol. The van der Waals surface area contributed by atoms with E-state index in [0.29, 0.717) is 6.07 Å². The van der Waals surface area contributed by atoms with Gasteiger partial charge in [-0.2, -0.15) is 26.3 Å². The highest BCUT2D eigenvalue weighted by Crippen LogP contribution is 2.55. The summed E-state index contributed by atoms with van der Waals surface area (Å²) in [7, 11) is 0. The number of aryl methyl sites for hydroxylation is 2. The molecular formula is C17H11F8. The third kappa shape index (κ3) is 3.21. The van der Waals surface area contributed by atoms with E-state index in [9.17, 15) is 35.1 Å². The van der Waals surface area contributed by atoms with Crippen LogP contribution in [-0.4, -0.2) is 12.4 Å². The van der Waals surface area contributed by atoms with Gasteiger partial charge < -0.3 is 0 Å². The first-order valence-corrected chi connectivity index (χ1v) is 6.91. The van der Waals surface area contributed by atoms with Crippen LogP contribution in [0.4, 0.5) is 35.1 Å². The zero-order valence-corrected chi connectivity index (χ0v) is 12.9. The van der Waals surface area contributed by atoms with Crippen molar-refractivity contribution in [2.24, 2.45) is 0 Å². The van der Waals surface area contributed by atoms with E-state index in [1.165, 1.54) is 13.8 Å². The third-order valence-electron chi connectivity index (χ3n) is 3.68. The van der Waals surface area contributed by atoms with Crippen molar-refractivity contribution in [3.63, 3.8) is 0 Å².